The monoisotopic (exact) mass is 256 g/mol. The number of hydrogen-bond acceptors (Lipinski definition) is 3. The predicted octanol–water partition coefficient (Wildman–Crippen LogP) is 1.87. The molecule has 0 aromatic rings. The quantitative estimate of drug-likeness (QED) is 0.777. The van der Waals surface area contributed by atoms with E-state index < -0.39 is 0 Å². The van der Waals surface area contributed by atoms with Crippen molar-refractivity contribution in [1.29, 1.82) is 0 Å². The minimum Gasteiger partial charge on any atom is -0.336 e. The van der Waals surface area contributed by atoms with Gasteiger partial charge in [-0.25, -0.2) is 0 Å². The van der Waals surface area contributed by atoms with E-state index in [2.05, 4.69) is 31.0 Å². The molecule has 2 fully saturated rings. The van der Waals surface area contributed by atoms with Gasteiger partial charge >= 0.3 is 0 Å². The lowest BCUT2D eigenvalue weighted by atomic mass is 9.89. The number of thioether (sulfide) groups is 1. The molecule has 1 N–H and O–H groups in total. The first kappa shape index (κ1) is 13.2. The summed E-state index contributed by atoms with van der Waals surface area (Å²) in [6, 6.07) is 0.363. The summed E-state index contributed by atoms with van der Waals surface area (Å²) in [5.41, 5.74) is -0.311. The Bertz CT molecular complexity index is 289. The van der Waals surface area contributed by atoms with Crippen molar-refractivity contribution >= 4 is 17.7 Å². The Hall–Kier alpha value is -0.220. The van der Waals surface area contributed by atoms with Gasteiger partial charge in [0, 0.05) is 23.6 Å². The highest BCUT2D eigenvalue weighted by Crippen LogP contribution is 2.28. The number of rotatable bonds is 1. The number of carbonyl (C=O) groups is 1. The van der Waals surface area contributed by atoms with E-state index in [1.54, 1.807) is 0 Å². The highest BCUT2D eigenvalue weighted by Gasteiger charge is 2.40. The predicted molar refractivity (Wildman–Crippen MR) is 73.4 cm³/mol. The normalized spacial score (nSPS) is 39.1. The molecule has 2 aliphatic rings. The molecule has 17 heavy (non-hydrogen) atoms. The largest absolute Gasteiger partial charge is 0.336 e. The second-order valence-electron chi connectivity index (χ2n) is 5.53. The molecule has 2 rings (SSSR count). The second-order valence-corrected chi connectivity index (χ2v) is 7.02. The first-order valence-corrected chi connectivity index (χ1v) is 7.77. The zero-order valence-electron chi connectivity index (χ0n) is 11.2. The van der Waals surface area contributed by atoms with Crippen LogP contribution in [0.25, 0.3) is 0 Å². The maximum Gasteiger partial charge on any atom is 0.242 e. The van der Waals surface area contributed by atoms with E-state index in [9.17, 15) is 4.79 Å². The van der Waals surface area contributed by atoms with Crippen LogP contribution in [0.1, 0.15) is 40.0 Å². The summed E-state index contributed by atoms with van der Waals surface area (Å²) < 4.78 is 0. The van der Waals surface area contributed by atoms with Crippen LogP contribution in [0.3, 0.4) is 0 Å². The van der Waals surface area contributed by atoms with Gasteiger partial charge in [-0.2, -0.15) is 11.8 Å². The maximum absolute atomic E-state index is 12.7. The van der Waals surface area contributed by atoms with Gasteiger partial charge in [-0.3, -0.25) is 4.79 Å². The summed E-state index contributed by atoms with van der Waals surface area (Å²) in [5, 5.41) is 3.99. The standard InChI is InChI=1S/C13H24N2OS/c1-10-11(2)17-9-8-15(10)12(16)13(3)6-4-5-7-14-13/h10-11,14H,4-9H2,1-3H3. The molecule has 2 saturated heterocycles. The zero-order valence-corrected chi connectivity index (χ0v) is 12.0. The molecule has 0 radical (unpaired) electrons. The highest BCUT2D eigenvalue weighted by molar-refractivity contribution is 8.00. The van der Waals surface area contributed by atoms with Gasteiger partial charge in [0.2, 0.25) is 5.91 Å². The summed E-state index contributed by atoms with van der Waals surface area (Å²) in [6.07, 6.45) is 3.35. The average molecular weight is 256 g/mol. The molecule has 2 heterocycles. The van der Waals surface area contributed by atoms with Gasteiger partial charge in [-0.05, 0) is 39.7 Å². The van der Waals surface area contributed by atoms with E-state index in [-0.39, 0.29) is 5.54 Å². The van der Waals surface area contributed by atoms with Crippen LogP contribution in [-0.4, -0.2) is 46.5 Å². The van der Waals surface area contributed by atoms with Gasteiger partial charge in [0.1, 0.15) is 0 Å². The van der Waals surface area contributed by atoms with Crippen molar-refractivity contribution in [2.45, 2.75) is 56.9 Å². The van der Waals surface area contributed by atoms with E-state index in [1.807, 2.05) is 11.8 Å². The third-order valence-electron chi connectivity index (χ3n) is 4.24. The smallest absolute Gasteiger partial charge is 0.242 e. The Morgan fingerprint density at radius 3 is 2.82 bits per heavy atom. The maximum atomic E-state index is 12.7. The van der Waals surface area contributed by atoms with Gasteiger partial charge in [0.05, 0.1) is 5.54 Å². The minimum absolute atomic E-state index is 0.311. The topological polar surface area (TPSA) is 32.3 Å². The molecule has 0 bridgehead atoms. The fourth-order valence-corrected chi connectivity index (χ4v) is 3.87. The summed E-state index contributed by atoms with van der Waals surface area (Å²) in [4.78, 5) is 14.8. The van der Waals surface area contributed by atoms with Crippen LogP contribution in [0, 0.1) is 0 Å². The van der Waals surface area contributed by atoms with Crippen molar-refractivity contribution in [2.75, 3.05) is 18.8 Å². The van der Waals surface area contributed by atoms with E-state index in [1.165, 1.54) is 12.8 Å². The summed E-state index contributed by atoms with van der Waals surface area (Å²) >= 11 is 1.98. The average Bonchev–Trinajstić information content (AvgIpc) is 2.33. The van der Waals surface area contributed by atoms with Gasteiger partial charge in [0.25, 0.3) is 0 Å². The molecule has 0 saturated carbocycles. The van der Waals surface area contributed by atoms with Gasteiger partial charge in [-0.15, -0.1) is 0 Å². The molecule has 4 heteroatoms. The molecule has 98 valence electrons. The molecular formula is C13H24N2OS. The number of nitrogens with one attached hydrogen (secondary N) is 1. The summed E-state index contributed by atoms with van der Waals surface area (Å²) in [5.74, 6) is 1.39. The van der Waals surface area contributed by atoms with Gasteiger partial charge in [0.15, 0.2) is 0 Å². The lowest BCUT2D eigenvalue weighted by Crippen LogP contribution is -2.61. The molecule has 0 aliphatic carbocycles. The molecule has 3 unspecified atom stereocenters. The lowest BCUT2D eigenvalue weighted by Gasteiger charge is -2.44. The van der Waals surface area contributed by atoms with Crippen LogP contribution in [0.2, 0.25) is 0 Å². The Morgan fingerprint density at radius 2 is 2.18 bits per heavy atom. The van der Waals surface area contributed by atoms with Gasteiger partial charge < -0.3 is 10.2 Å². The van der Waals surface area contributed by atoms with Crippen LogP contribution in [0.5, 0.6) is 0 Å². The number of piperidine rings is 1. The molecule has 2 aliphatic heterocycles. The molecule has 1 amide bonds. The zero-order chi connectivity index (χ0) is 12.5. The van der Waals surface area contributed by atoms with Crippen molar-refractivity contribution in [3.05, 3.63) is 0 Å². The minimum atomic E-state index is -0.311. The molecule has 0 aromatic carbocycles. The van der Waals surface area contributed by atoms with Crippen LogP contribution >= 0.6 is 11.8 Å². The van der Waals surface area contributed by atoms with Crippen LogP contribution < -0.4 is 5.32 Å². The Kier molecular flexibility index (Phi) is 4.03. The Morgan fingerprint density at radius 1 is 1.41 bits per heavy atom. The fraction of sp³-hybridized carbons (Fsp3) is 0.923. The van der Waals surface area contributed by atoms with E-state index in [4.69, 9.17) is 0 Å². The SMILES string of the molecule is CC1SCCN(C(=O)C2(C)CCCCN2)C1C. The summed E-state index contributed by atoms with van der Waals surface area (Å²) in [6.45, 7) is 8.38. The Balaban J connectivity index is 2.07. The molecule has 0 spiro atoms. The van der Waals surface area contributed by atoms with Crippen molar-refractivity contribution < 1.29 is 4.79 Å². The molecule has 0 aromatic heterocycles. The van der Waals surface area contributed by atoms with Crippen molar-refractivity contribution in [1.82, 2.24) is 10.2 Å². The first-order chi connectivity index (χ1) is 8.04. The number of amides is 1. The van der Waals surface area contributed by atoms with Crippen LogP contribution in [0.15, 0.2) is 0 Å². The van der Waals surface area contributed by atoms with Crippen molar-refractivity contribution in [3.8, 4) is 0 Å². The van der Waals surface area contributed by atoms with Crippen molar-refractivity contribution in [2.24, 2.45) is 0 Å². The number of hydrogen-bond donors (Lipinski definition) is 1. The van der Waals surface area contributed by atoms with Crippen molar-refractivity contribution in [3.63, 3.8) is 0 Å². The molecule has 3 nitrogen and oxygen atoms in total. The second kappa shape index (κ2) is 5.19. The van der Waals surface area contributed by atoms with Gasteiger partial charge in [-0.1, -0.05) is 6.92 Å². The number of nitrogens with zero attached hydrogens (tertiary/aromatic N) is 1. The summed E-state index contributed by atoms with van der Waals surface area (Å²) in [7, 11) is 0. The van der Waals surface area contributed by atoms with Crippen LogP contribution in [-0.2, 0) is 4.79 Å². The molecule has 3 atom stereocenters. The van der Waals surface area contributed by atoms with E-state index in [0.29, 0.717) is 17.2 Å². The lowest BCUT2D eigenvalue weighted by molar-refractivity contribution is -0.140. The third-order valence-corrected chi connectivity index (χ3v) is 5.57. The Labute approximate surface area is 109 Å². The van der Waals surface area contributed by atoms with E-state index >= 15 is 0 Å². The number of carbonyl (C=O) groups excluding carboxylic acids is 1. The van der Waals surface area contributed by atoms with Crippen LogP contribution in [0.4, 0.5) is 0 Å². The fourth-order valence-electron chi connectivity index (χ4n) is 2.78. The first-order valence-electron chi connectivity index (χ1n) is 6.72. The third kappa shape index (κ3) is 2.63. The van der Waals surface area contributed by atoms with E-state index in [0.717, 1.165) is 25.3 Å². The molecular weight excluding hydrogens is 232 g/mol. The highest BCUT2D eigenvalue weighted by atomic mass is 32.2.